The summed E-state index contributed by atoms with van der Waals surface area (Å²) in [6.45, 7) is 5.72. The molecule has 0 aromatic heterocycles. The zero-order valence-corrected chi connectivity index (χ0v) is 16.8. The summed E-state index contributed by atoms with van der Waals surface area (Å²) in [5.41, 5.74) is 0.498. The number of carbonyl (C=O) groups excluding carboxylic acids is 1. The second-order valence-electron chi connectivity index (χ2n) is 7.24. The van der Waals surface area contributed by atoms with E-state index in [-0.39, 0.29) is 10.8 Å². The molecule has 2 aliphatic rings. The number of rotatable bonds is 7. The van der Waals surface area contributed by atoms with E-state index >= 15 is 0 Å². The Labute approximate surface area is 161 Å². The zero-order chi connectivity index (χ0) is 19.3. The van der Waals surface area contributed by atoms with E-state index < -0.39 is 10.0 Å². The molecule has 1 aromatic rings. The van der Waals surface area contributed by atoms with Gasteiger partial charge in [0.25, 0.3) is 5.91 Å². The van der Waals surface area contributed by atoms with Crippen LogP contribution in [0.4, 0.5) is 5.69 Å². The van der Waals surface area contributed by atoms with E-state index in [0.29, 0.717) is 37.7 Å². The molecular weight excluding hydrogens is 366 g/mol. The molecule has 0 spiro atoms. The number of carbonyl (C=O) groups is 1. The van der Waals surface area contributed by atoms with Crippen molar-refractivity contribution in [2.24, 2.45) is 0 Å². The Morgan fingerprint density at radius 2 is 1.85 bits per heavy atom. The van der Waals surface area contributed by atoms with E-state index in [1.807, 2.05) is 6.92 Å². The number of hydrogen-bond donors (Lipinski definition) is 2. The Balaban J connectivity index is 1.77. The average Bonchev–Trinajstić information content (AvgIpc) is 3.19. The van der Waals surface area contributed by atoms with Crippen molar-refractivity contribution < 1.29 is 22.8 Å². The number of piperidine rings is 1. The number of amides is 1. The molecule has 7 nitrogen and oxygen atoms in total. The maximum Gasteiger partial charge on any atom is 0.279 e. The molecule has 8 heteroatoms. The summed E-state index contributed by atoms with van der Waals surface area (Å²) in [5.74, 6) is 0.254. The number of nitrogens with one attached hydrogen (secondary N) is 2. The highest BCUT2D eigenvalue weighted by atomic mass is 32.2. The molecule has 1 amide bonds. The van der Waals surface area contributed by atoms with E-state index in [0.717, 1.165) is 38.8 Å². The molecule has 2 N–H and O–H groups in total. The Morgan fingerprint density at radius 3 is 2.52 bits per heavy atom. The molecule has 0 atom stereocenters. The van der Waals surface area contributed by atoms with Crippen LogP contribution in [-0.2, 0) is 14.8 Å². The van der Waals surface area contributed by atoms with Crippen molar-refractivity contribution in [2.45, 2.75) is 43.9 Å². The molecule has 0 unspecified atom stereocenters. The van der Waals surface area contributed by atoms with E-state index in [9.17, 15) is 13.2 Å². The summed E-state index contributed by atoms with van der Waals surface area (Å²) in [5, 5.41) is 2.86. The SMILES string of the molecule is CCOc1ccc(NC(=O)C[NH+]2CCCCC2)cc1S(=O)(=O)N1CCCC1. The highest BCUT2D eigenvalue weighted by molar-refractivity contribution is 7.89. The Kier molecular flexibility index (Phi) is 6.73. The van der Waals surface area contributed by atoms with E-state index in [1.54, 1.807) is 12.1 Å². The lowest BCUT2D eigenvalue weighted by molar-refractivity contribution is -0.896. The van der Waals surface area contributed by atoms with Gasteiger partial charge in [0, 0.05) is 18.8 Å². The summed E-state index contributed by atoms with van der Waals surface area (Å²) in [6.07, 6.45) is 5.30. The van der Waals surface area contributed by atoms with Gasteiger partial charge in [0.15, 0.2) is 6.54 Å². The number of likely N-dealkylation sites (tertiary alicyclic amines) is 1. The van der Waals surface area contributed by atoms with Crippen molar-refractivity contribution >= 4 is 21.6 Å². The van der Waals surface area contributed by atoms with Gasteiger partial charge in [0.1, 0.15) is 10.6 Å². The highest BCUT2D eigenvalue weighted by Crippen LogP contribution is 2.31. The summed E-state index contributed by atoms with van der Waals surface area (Å²) in [4.78, 5) is 13.8. The van der Waals surface area contributed by atoms with Crippen molar-refractivity contribution in [3.63, 3.8) is 0 Å². The average molecular weight is 397 g/mol. The number of nitrogens with zero attached hydrogens (tertiary/aromatic N) is 1. The molecule has 1 aromatic carbocycles. The highest BCUT2D eigenvalue weighted by Gasteiger charge is 2.30. The number of ether oxygens (including phenoxy) is 1. The standard InChI is InChI=1S/C19H29N3O4S/c1-2-26-17-9-8-16(20-19(23)15-21-10-4-3-5-11-21)14-18(17)27(24,25)22-12-6-7-13-22/h8-9,14H,2-7,10-13,15H2,1H3,(H,20,23)/p+1. The molecule has 0 bridgehead atoms. The minimum Gasteiger partial charge on any atom is -0.492 e. The van der Waals surface area contributed by atoms with Gasteiger partial charge in [-0.05, 0) is 57.2 Å². The van der Waals surface area contributed by atoms with Crippen LogP contribution in [0.1, 0.15) is 39.0 Å². The lowest BCUT2D eigenvalue weighted by Crippen LogP contribution is -3.13. The predicted octanol–water partition coefficient (Wildman–Crippen LogP) is 0.877. The van der Waals surface area contributed by atoms with Gasteiger partial charge in [-0.1, -0.05) is 0 Å². The van der Waals surface area contributed by atoms with Gasteiger partial charge >= 0.3 is 0 Å². The fourth-order valence-corrected chi connectivity index (χ4v) is 5.46. The maximum absolute atomic E-state index is 13.0. The van der Waals surface area contributed by atoms with Crippen molar-refractivity contribution in [1.29, 1.82) is 0 Å². The second kappa shape index (κ2) is 9.03. The van der Waals surface area contributed by atoms with Crippen LogP contribution in [0.25, 0.3) is 0 Å². The summed E-state index contributed by atoms with van der Waals surface area (Å²) >= 11 is 0. The predicted molar refractivity (Wildman–Crippen MR) is 104 cm³/mol. The van der Waals surface area contributed by atoms with Crippen molar-refractivity contribution in [3.05, 3.63) is 18.2 Å². The molecule has 0 saturated carbocycles. The minimum atomic E-state index is -3.63. The van der Waals surface area contributed by atoms with Gasteiger partial charge in [-0.2, -0.15) is 4.31 Å². The molecule has 27 heavy (non-hydrogen) atoms. The third kappa shape index (κ3) is 5.00. The number of anilines is 1. The van der Waals surface area contributed by atoms with Crippen molar-refractivity contribution in [3.8, 4) is 5.75 Å². The topological polar surface area (TPSA) is 80.1 Å². The lowest BCUT2D eigenvalue weighted by atomic mass is 10.1. The van der Waals surface area contributed by atoms with Gasteiger partial charge in [-0.15, -0.1) is 0 Å². The maximum atomic E-state index is 13.0. The van der Waals surface area contributed by atoms with Gasteiger partial charge in [0.05, 0.1) is 19.7 Å². The first-order valence-electron chi connectivity index (χ1n) is 9.91. The number of quaternary nitrogens is 1. The van der Waals surface area contributed by atoms with Crippen LogP contribution in [0.2, 0.25) is 0 Å². The molecule has 150 valence electrons. The largest absolute Gasteiger partial charge is 0.492 e. The molecule has 0 radical (unpaired) electrons. The minimum absolute atomic E-state index is 0.0828. The van der Waals surface area contributed by atoms with Crippen LogP contribution < -0.4 is 15.0 Å². The Bertz CT molecular complexity index is 754. The van der Waals surface area contributed by atoms with Crippen molar-refractivity contribution in [2.75, 3.05) is 44.6 Å². The first-order chi connectivity index (χ1) is 13.0. The fourth-order valence-electron chi connectivity index (χ4n) is 3.79. The first-order valence-corrected chi connectivity index (χ1v) is 11.3. The fraction of sp³-hybridized carbons (Fsp3) is 0.632. The van der Waals surface area contributed by atoms with Gasteiger partial charge in [-0.3, -0.25) is 4.79 Å². The van der Waals surface area contributed by atoms with E-state index in [4.69, 9.17) is 4.74 Å². The van der Waals surface area contributed by atoms with Gasteiger partial charge in [-0.25, -0.2) is 8.42 Å². The van der Waals surface area contributed by atoms with Crippen LogP contribution in [0.5, 0.6) is 5.75 Å². The summed E-state index contributed by atoms with van der Waals surface area (Å²) < 4.78 is 33.1. The normalized spacial score (nSPS) is 19.1. The number of benzene rings is 1. The van der Waals surface area contributed by atoms with E-state index in [2.05, 4.69) is 5.32 Å². The van der Waals surface area contributed by atoms with Crippen molar-refractivity contribution in [1.82, 2.24) is 4.31 Å². The van der Waals surface area contributed by atoms with Crippen LogP contribution in [0.3, 0.4) is 0 Å². The molecular formula is C19H30N3O4S+. The van der Waals surface area contributed by atoms with Crippen LogP contribution >= 0.6 is 0 Å². The molecule has 2 heterocycles. The second-order valence-corrected chi connectivity index (χ2v) is 9.15. The van der Waals surface area contributed by atoms with Crippen LogP contribution in [-0.4, -0.2) is 58.0 Å². The monoisotopic (exact) mass is 396 g/mol. The Hall–Kier alpha value is -1.64. The summed E-state index contributed by atoms with van der Waals surface area (Å²) in [6, 6.07) is 4.87. The number of hydrogen-bond acceptors (Lipinski definition) is 4. The zero-order valence-electron chi connectivity index (χ0n) is 16.0. The third-order valence-corrected chi connectivity index (χ3v) is 7.10. The smallest absolute Gasteiger partial charge is 0.279 e. The summed E-state index contributed by atoms with van der Waals surface area (Å²) in [7, 11) is -3.63. The van der Waals surface area contributed by atoms with Gasteiger partial charge < -0.3 is 15.0 Å². The first kappa shape index (κ1) is 20.1. The molecule has 2 fully saturated rings. The molecule has 2 aliphatic heterocycles. The molecule has 0 aliphatic carbocycles. The van der Waals surface area contributed by atoms with Gasteiger partial charge in [0.2, 0.25) is 10.0 Å². The van der Waals surface area contributed by atoms with Crippen LogP contribution in [0.15, 0.2) is 23.1 Å². The quantitative estimate of drug-likeness (QED) is 0.717. The van der Waals surface area contributed by atoms with E-state index in [1.165, 1.54) is 21.7 Å². The lowest BCUT2D eigenvalue weighted by Gasteiger charge is -2.23. The Morgan fingerprint density at radius 1 is 1.15 bits per heavy atom. The third-order valence-electron chi connectivity index (χ3n) is 5.18. The molecule has 3 rings (SSSR count). The van der Waals surface area contributed by atoms with Crippen LogP contribution in [0, 0.1) is 0 Å². The number of sulfonamides is 1. The molecule has 2 saturated heterocycles.